The standard InChI is InChI=1S/C23H23N5O2/c1-16-8-3-4-9-18(16)23-26-22(30-27-23)13-12-21(29)25-17(2)19-10-5-6-11-20(19)28-15-7-14-24-28/h3-11,14-15,17H,12-13H2,1-2H3,(H,25,29)/t17-/m0/s1. The molecular weight excluding hydrogens is 378 g/mol. The highest BCUT2D eigenvalue weighted by Crippen LogP contribution is 2.22. The molecule has 4 aromatic rings. The first-order chi connectivity index (χ1) is 14.6. The zero-order valence-electron chi connectivity index (χ0n) is 16.9. The smallest absolute Gasteiger partial charge is 0.227 e. The summed E-state index contributed by atoms with van der Waals surface area (Å²) in [7, 11) is 0. The fraction of sp³-hybridized carbons (Fsp3) is 0.217. The number of aryl methyl sites for hydroxylation is 2. The van der Waals surface area contributed by atoms with Gasteiger partial charge in [-0.25, -0.2) is 4.68 Å². The first-order valence-electron chi connectivity index (χ1n) is 9.88. The second-order valence-electron chi connectivity index (χ2n) is 7.13. The Bertz CT molecular complexity index is 1130. The van der Waals surface area contributed by atoms with Crippen molar-refractivity contribution in [2.45, 2.75) is 32.7 Å². The summed E-state index contributed by atoms with van der Waals surface area (Å²) in [5.74, 6) is 0.923. The Hall–Kier alpha value is -3.74. The number of carbonyl (C=O) groups is 1. The molecule has 0 unspecified atom stereocenters. The van der Waals surface area contributed by atoms with E-state index >= 15 is 0 Å². The molecule has 0 spiro atoms. The topological polar surface area (TPSA) is 85.8 Å². The third kappa shape index (κ3) is 4.30. The second-order valence-corrected chi connectivity index (χ2v) is 7.13. The fourth-order valence-electron chi connectivity index (χ4n) is 3.38. The molecule has 1 amide bonds. The maximum Gasteiger partial charge on any atom is 0.227 e. The zero-order chi connectivity index (χ0) is 20.9. The fourth-order valence-corrected chi connectivity index (χ4v) is 3.38. The van der Waals surface area contributed by atoms with Gasteiger partial charge >= 0.3 is 0 Å². The molecule has 7 nitrogen and oxygen atoms in total. The lowest BCUT2D eigenvalue weighted by Crippen LogP contribution is -2.27. The second kappa shape index (κ2) is 8.73. The van der Waals surface area contributed by atoms with Crippen LogP contribution in [0.25, 0.3) is 17.1 Å². The van der Waals surface area contributed by atoms with Crippen LogP contribution in [0.15, 0.2) is 71.5 Å². The van der Waals surface area contributed by atoms with E-state index in [1.54, 1.807) is 10.9 Å². The summed E-state index contributed by atoms with van der Waals surface area (Å²) in [5, 5.41) is 11.4. The lowest BCUT2D eigenvalue weighted by molar-refractivity contribution is -0.121. The van der Waals surface area contributed by atoms with Crippen LogP contribution in [0, 0.1) is 6.92 Å². The molecule has 0 saturated heterocycles. The van der Waals surface area contributed by atoms with Crippen molar-refractivity contribution in [3.05, 3.63) is 84.0 Å². The van der Waals surface area contributed by atoms with E-state index in [-0.39, 0.29) is 18.4 Å². The highest BCUT2D eigenvalue weighted by atomic mass is 16.5. The van der Waals surface area contributed by atoms with Gasteiger partial charge in [-0.05, 0) is 37.1 Å². The van der Waals surface area contributed by atoms with Gasteiger partial charge in [0.25, 0.3) is 0 Å². The SMILES string of the molecule is Cc1ccccc1-c1noc(CCC(=O)N[C@@H](C)c2ccccc2-n2cccn2)n1. The molecule has 30 heavy (non-hydrogen) atoms. The van der Waals surface area contributed by atoms with Gasteiger partial charge < -0.3 is 9.84 Å². The van der Waals surface area contributed by atoms with E-state index in [1.165, 1.54) is 0 Å². The van der Waals surface area contributed by atoms with E-state index in [9.17, 15) is 4.79 Å². The van der Waals surface area contributed by atoms with E-state index in [0.717, 1.165) is 22.4 Å². The molecule has 1 N–H and O–H groups in total. The molecule has 2 heterocycles. The van der Waals surface area contributed by atoms with Crippen molar-refractivity contribution < 1.29 is 9.32 Å². The summed E-state index contributed by atoms with van der Waals surface area (Å²) in [6.07, 6.45) is 4.27. The van der Waals surface area contributed by atoms with Gasteiger partial charge in [-0.15, -0.1) is 0 Å². The summed E-state index contributed by atoms with van der Waals surface area (Å²) in [6, 6.07) is 17.5. The van der Waals surface area contributed by atoms with Crippen LogP contribution in [-0.4, -0.2) is 25.8 Å². The van der Waals surface area contributed by atoms with Crippen LogP contribution in [-0.2, 0) is 11.2 Å². The Labute approximate surface area is 174 Å². The van der Waals surface area contributed by atoms with Crippen LogP contribution in [0.5, 0.6) is 0 Å². The molecular formula is C23H23N5O2. The number of amides is 1. The number of hydrogen-bond donors (Lipinski definition) is 1. The minimum absolute atomic E-state index is 0.0755. The maximum atomic E-state index is 12.5. The lowest BCUT2D eigenvalue weighted by Gasteiger charge is -2.18. The van der Waals surface area contributed by atoms with Crippen LogP contribution in [0.3, 0.4) is 0 Å². The first kappa shape index (κ1) is 19.6. The maximum absolute atomic E-state index is 12.5. The summed E-state index contributed by atoms with van der Waals surface area (Å²) < 4.78 is 7.12. The molecule has 0 aliphatic heterocycles. The van der Waals surface area contributed by atoms with E-state index in [0.29, 0.717) is 18.1 Å². The molecule has 2 aromatic heterocycles. The Morgan fingerprint density at radius 1 is 1.13 bits per heavy atom. The Balaban J connectivity index is 1.38. The van der Waals surface area contributed by atoms with Gasteiger partial charge in [-0.1, -0.05) is 47.6 Å². The average molecular weight is 401 g/mol. The predicted molar refractivity (Wildman–Crippen MR) is 113 cm³/mol. The molecule has 1 atom stereocenters. The monoisotopic (exact) mass is 401 g/mol. The average Bonchev–Trinajstić information content (AvgIpc) is 3.45. The number of benzene rings is 2. The van der Waals surface area contributed by atoms with Gasteiger partial charge in [0.05, 0.1) is 11.7 Å². The van der Waals surface area contributed by atoms with Crippen molar-refractivity contribution in [1.29, 1.82) is 0 Å². The highest BCUT2D eigenvalue weighted by Gasteiger charge is 2.16. The Kier molecular flexibility index (Phi) is 5.70. The molecule has 7 heteroatoms. The number of rotatable bonds is 7. The van der Waals surface area contributed by atoms with Gasteiger partial charge in [0.15, 0.2) is 0 Å². The Morgan fingerprint density at radius 2 is 1.93 bits per heavy atom. The lowest BCUT2D eigenvalue weighted by atomic mass is 10.1. The molecule has 2 aromatic carbocycles. The number of nitrogens with zero attached hydrogens (tertiary/aromatic N) is 4. The number of carbonyl (C=O) groups excluding carboxylic acids is 1. The van der Waals surface area contributed by atoms with E-state index < -0.39 is 0 Å². The van der Waals surface area contributed by atoms with Crippen LogP contribution >= 0.6 is 0 Å². The minimum Gasteiger partial charge on any atom is -0.349 e. The van der Waals surface area contributed by atoms with Crippen molar-refractivity contribution in [3.8, 4) is 17.1 Å². The normalized spacial score (nSPS) is 11.9. The minimum atomic E-state index is -0.164. The van der Waals surface area contributed by atoms with Crippen molar-refractivity contribution >= 4 is 5.91 Å². The summed E-state index contributed by atoms with van der Waals surface area (Å²) in [5.41, 5.74) is 3.94. The quantitative estimate of drug-likeness (QED) is 0.505. The van der Waals surface area contributed by atoms with Crippen molar-refractivity contribution in [3.63, 3.8) is 0 Å². The van der Waals surface area contributed by atoms with Crippen LogP contribution in [0.1, 0.15) is 36.4 Å². The van der Waals surface area contributed by atoms with Gasteiger partial charge in [-0.2, -0.15) is 10.1 Å². The number of nitrogens with one attached hydrogen (secondary N) is 1. The zero-order valence-corrected chi connectivity index (χ0v) is 16.9. The van der Waals surface area contributed by atoms with Gasteiger partial charge in [0, 0.05) is 30.8 Å². The highest BCUT2D eigenvalue weighted by molar-refractivity contribution is 5.76. The largest absolute Gasteiger partial charge is 0.349 e. The first-order valence-corrected chi connectivity index (χ1v) is 9.88. The van der Waals surface area contributed by atoms with Crippen LogP contribution in [0.4, 0.5) is 0 Å². The molecule has 4 rings (SSSR count). The summed E-state index contributed by atoms with van der Waals surface area (Å²) in [4.78, 5) is 16.9. The summed E-state index contributed by atoms with van der Waals surface area (Å²) in [6.45, 7) is 3.96. The number of para-hydroxylation sites is 1. The molecule has 152 valence electrons. The number of aromatic nitrogens is 4. The summed E-state index contributed by atoms with van der Waals surface area (Å²) >= 11 is 0. The van der Waals surface area contributed by atoms with E-state index in [4.69, 9.17) is 4.52 Å². The van der Waals surface area contributed by atoms with E-state index in [1.807, 2.05) is 74.6 Å². The molecule has 0 aliphatic carbocycles. The van der Waals surface area contributed by atoms with Gasteiger partial charge in [-0.3, -0.25) is 4.79 Å². The molecule has 0 aliphatic rings. The van der Waals surface area contributed by atoms with Gasteiger partial charge in [0.2, 0.25) is 17.6 Å². The molecule has 0 radical (unpaired) electrons. The van der Waals surface area contributed by atoms with Crippen LogP contribution < -0.4 is 5.32 Å². The predicted octanol–water partition coefficient (Wildman–Crippen LogP) is 4.04. The Morgan fingerprint density at radius 3 is 2.73 bits per heavy atom. The molecule has 0 fully saturated rings. The van der Waals surface area contributed by atoms with Gasteiger partial charge in [0.1, 0.15) is 0 Å². The van der Waals surface area contributed by atoms with Crippen molar-refractivity contribution in [1.82, 2.24) is 25.2 Å². The molecule has 0 saturated carbocycles. The van der Waals surface area contributed by atoms with Crippen molar-refractivity contribution in [2.24, 2.45) is 0 Å². The number of hydrogen-bond acceptors (Lipinski definition) is 5. The third-order valence-corrected chi connectivity index (χ3v) is 4.95. The van der Waals surface area contributed by atoms with Crippen molar-refractivity contribution in [2.75, 3.05) is 0 Å². The van der Waals surface area contributed by atoms with E-state index in [2.05, 4.69) is 20.6 Å². The third-order valence-electron chi connectivity index (χ3n) is 4.95. The van der Waals surface area contributed by atoms with Crippen LogP contribution in [0.2, 0.25) is 0 Å². The molecule has 0 bridgehead atoms.